The molecule has 1 spiro atoms. The molecule has 3 atom stereocenters. The fraction of sp³-hybridized carbons (Fsp3) is 0.750. The maximum absolute atomic E-state index is 11.8. The highest BCUT2D eigenvalue weighted by atomic mass is 16.5. The Morgan fingerprint density at radius 1 is 1.38 bits per heavy atom. The lowest BCUT2D eigenvalue weighted by Crippen LogP contribution is -2.57. The first-order chi connectivity index (χ1) is 7.17. The SMILES string of the molecule is CC1(C)C=C[C@@]2(CC(=O)[C@](C)(O)C[C@@H]2O)O1. The Labute approximate surface area is 94.9 Å². The van der Waals surface area contributed by atoms with E-state index in [4.69, 9.17) is 4.74 Å². The summed E-state index contributed by atoms with van der Waals surface area (Å²) in [5, 5.41) is 19.9. The van der Waals surface area contributed by atoms with Gasteiger partial charge in [0, 0.05) is 12.8 Å². The third-order valence-corrected chi connectivity index (χ3v) is 3.41. The van der Waals surface area contributed by atoms with Crippen molar-refractivity contribution in [2.45, 2.75) is 56.5 Å². The normalized spacial score (nSPS) is 46.6. The lowest BCUT2D eigenvalue weighted by Gasteiger charge is -2.43. The fourth-order valence-corrected chi connectivity index (χ4v) is 2.40. The quantitative estimate of drug-likeness (QED) is 0.592. The van der Waals surface area contributed by atoms with Gasteiger partial charge in [-0.05, 0) is 20.8 Å². The molecule has 1 saturated carbocycles. The third-order valence-electron chi connectivity index (χ3n) is 3.41. The van der Waals surface area contributed by atoms with Gasteiger partial charge in [-0.25, -0.2) is 0 Å². The predicted molar refractivity (Wildman–Crippen MR) is 57.9 cm³/mol. The number of hydrogen-bond donors (Lipinski definition) is 2. The Balaban J connectivity index is 2.27. The summed E-state index contributed by atoms with van der Waals surface area (Å²) in [5.74, 6) is -0.278. The van der Waals surface area contributed by atoms with Gasteiger partial charge >= 0.3 is 0 Å². The Bertz CT molecular complexity index is 356. The fourth-order valence-electron chi connectivity index (χ4n) is 2.40. The first-order valence-electron chi connectivity index (χ1n) is 5.51. The van der Waals surface area contributed by atoms with Crippen molar-refractivity contribution in [1.82, 2.24) is 0 Å². The number of ketones is 1. The molecule has 1 aliphatic heterocycles. The number of carbonyl (C=O) groups excluding carboxylic acids is 1. The Hall–Kier alpha value is -0.710. The zero-order chi connectivity index (χ0) is 12.2. The lowest BCUT2D eigenvalue weighted by atomic mass is 9.74. The van der Waals surface area contributed by atoms with Crippen LogP contribution in [-0.2, 0) is 9.53 Å². The molecule has 0 aromatic heterocycles. The monoisotopic (exact) mass is 226 g/mol. The van der Waals surface area contributed by atoms with Gasteiger partial charge < -0.3 is 14.9 Å². The lowest BCUT2D eigenvalue weighted by molar-refractivity contribution is -0.184. The van der Waals surface area contributed by atoms with E-state index in [1.54, 1.807) is 6.08 Å². The molecule has 0 saturated heterocycles. The molecule has 2 N–H and O–H groups in total. The van der Waals surface area contributed by atoms with Crippen LogP contribution in [0.25, 0.3) is 0 Å². The molecule has 1 aliphatic carbocycles. The van der Waals surface area contributed by atoms with Crippen LogP contribution in [0.15, 0.2) is 12.2 Å². The van der Waals surface area contributed by atoms with Gasteiger partial charge in [0.2, 0.25) is 0 Å². The molecular weight excluding hydrogens is 208 g/mol. The van der Waals surface area contributed by atoms with Crippen LogP contribution in [-0.4, -0.2) is 38.9 Å². The molecule has 4 nitrogen and oxygen atoms in total. The van der Waals surface area contributed by atoms with Gasteiger partial charge in [0.1, 0.15) is 11.2 Å². The Morgan fingerprint density at radius 3 is 2.50 bits per heavy atom. The molecule has 1 fully saturated rings. The number of aliphatic hydroxyl groups is 2. The highest BCUT2D eigenvalue weighted by Crippen LogP contribution is 2.42. The molecule has 2 aliphatic rings. The molecule has 0 aromatic rings. The topological polar surface area (TPSA) is 66.8 Å². The standard InChI is InChI=1S/C12H18O4/c1-10(2)4-5-12(16-10)7-8(13)11(3,15)6-9(12)14/h4-5,9,14-15H,6-7H2,1-3H3/t9-,11+,12-/m0/s1. The van der Waals surface area contributed by atoms with Crippen LogP contribution in [0.3, 0.4) is 0 Å². The Morgan fingerprint density at radius 2 is 2.00 bits per heavy atom. The molecule has 2 rings (SSSR count). The number of carbonyl (C=O) groups is 1. The predicted octanol–water partition coefficient (Wildman–Crippen LogP) is 0.565. The van der Waals surface area contributed by atoms with Crippen LogP contribution in [0.1, 0.15) is 33.6 Å². The maximum Gasteiger partial charge on any atom is 0.167 e. The second-order valence-electron chi connectivity index (χ2n) is 5.59. The van der Waals surface area contributed by atoms with Crippen molar-refractivity contribution in [3.05, 3.63) is 12.2 Å². The molecule has 0 unspecified atom stereocenters. The number of rotatable bonds is 0. The second-order valence-corrected chi connectivity index (χ2v) is 5.59. The summed E-state index contributed by atoms with van der Waals surface area (Å²) >= 11 is 0. The molecule has 16 heavy (non-hydrogen) atoms. The minimum absolute atomic E-state index is 0.0201. The van der Waals surface area contributed by atoms with E-state index in [0.29, 0.717) is 0 Å². The second kappa shape index (κ2) is 3.15. The molecule has 1 heterocycles. The van der Waals surface area contributed by atoms with Crippen LogP contribution >= 0.6 is 0 Å². The van der Waals surface area contributed by atoms with Crippen LogP contribution in [0.2, 0.25) is 0 Å². The number of hydrogen-bond acceptors (Lipinski definition) is 4. The van der Waals surface area contributed by atoms with Gasteiger partial charge in [0.15, 0.2) is 5.78 Å². The highest BCUT2D eigenvalue weighted by Gasteiger charge is 2.54. The number of ether oxygens (including phenoxy) is 1. The van der Waals surface area contributed by atoms with Crippen molar-refractivity contribution < 1.29 is 19.7 Å². The molecule has 0 amide bonds. The zero-order valence-electron chi connectivity index (χ0n) is 9.86. The van der Waals surface area contributed by atoms with Crippen LogP contribution in [0.5, 0.6) is 0 Å². The van der Waals surface area contributed by atoms with Crippen LogP contribution < -0.4 is 0 Å². The summed E-state index contributed by atoms with van der Waals surface area (Å²) in [6, 6.07) is 0. The van der Waals surface area contributed by atoms with E-state index >= 15 is 0 Å². The van der Waals surface area contributed by atoms with Crippen molar-refractivity contribution >= 4 is 5.78 Å². The van der Waals surface area contributed by atoms with E-state index in [-0.39, 0.29) is 18.6 Å². The van der Waals surface area contributed by atoms with E-state index in [2.05, 4.69) is 0 Å². The highest BCUT2D eigenvalue weighted by molar-refractivity contribution is 5.89. The average molecular weight is 226 g/mol. The zero-order valence-corrected chi connectivity index (χ0v) is 9.86. The van der Waals surface area contributed by atoms with Gasteiger partial charge in [0.25, 0.3) is 0 Å². The summed E-state index contributed by atoms with van der Waals surface area (Å²) in [4.78, 5) is 11.8. The van der Waals surface area contributed by atoms with Crippen molar-refractivity contribution in [3.63, 3.8) is 0 Å². The first-order valence-corrected chi connectivity index (χ1v) is 5.51. The summed E-state index contributed by atoms with van der Waals surface area (Å²) in [7, 11) is 0. The van der Waals surface area contributed by atoms with E-state index < -0.39 is 22.9 Å². The van der Waals surface area contributed by atoms with Gasteiger partial charge in [-0.3, -0.25) is 4.79 Å². The number of Topliss-reactive ketones (excluding diaryl/α,β-unsaturated/α-hetero) is 1. The van der Waals surface area contributed by atoms with Crippen molar-refractivity contribution in [2.24, 2.45) is 0 Å². The largest absolute Gasteiger partial charge is 0.390 e. The summed E-state index contributed by atoms with van der Waals surface area (Å²) < 4.78 is 5.76. The van der Waals surface area contributed by atoms with Gasteiger partial charge in [0.05, 0.1) is 11.7 Å². The Kier molecular flexibility index (Phi) is 2.32. The molecular formula is C12H18O4. The third kappa shape index (κ3) is 1.71. The summed E-state index contributed by atoms with van der Waals surface area (Å²) in [6.45, 7) is 5.19. The summed E-state index contributed by atoms with van der Waals surface area (Å²) in [5.41, 5.74) is -2.85. The molecule has 0 aromatic carbocycles. The van der Waals surface area contributed by atoms with Crippen LogP contribution in [0, 0.1) is 0 Å². The minimum Gasteiger partial charge on any atom is -0.390 e. The first kappa shape index (κ1) is 11.8. The van der Waals surface area contributed by atoms with Crippen molar-refractivity contribution in [3.8, 4) is 0 Å². The van der Waals surface area contributed by atoms with E-state index in [9.17, 15) is 15.0 Å². The van der Waals surface area contributed by atoms with E-state index in [1.165, 1.54) is 6.92 Å². The number of aliphatic hydroxyl groups excluding tert-OH is 1. The van der Waals surface area contributed by atoms with E-state index in [1.807, 2.05) is 19.9 Å². The van der Waals surface area contributed by atoms with Crippen molar-refractivity contribution in [2.75, 3.05) is 0 Å². The summed E-state index contributed by atoms with van der Waals surface area (Å²) in [6.07, 6.45) is 2.81. The smallest absolute Gasteiger partial charge is 0.167 e. The van der Waals surface area contributed by atoms with Gasteiger partial charge in [-0.2, -0.15) is 0 Å². The molecule has 0 radical (unpaired) electrons. The molecule has 90 valence electrons. The molecule has 4 heteroatoms. The maximum atomic E-state index is 11.8. The minimum atomic E-state index is -1.44. The molecule has 0 bridgehead atoms. The van der Waals surface area contributed by atoms with Crippen molar-refractivity contribution in [1.29, 1.82) is 0 Å². The van der Waals surface area contributed by atoms with E-state index in [0.717, 1.165) is 0 Å². The van der Waals surface area contributed by atoms with Crippen LogP contribution in [0.4, 0.5) is 0 Å². The van der Waals surface area contributed by atoms with Gasteiger partial charge in [-0.15, -0.1) is 0 Å². The van der Waals surface area contributed by atoms with Gasteiger partial charge in [-0.1, -0.05) is 12.2 Å². The average Bonchev–Trinajstić information content (AvgIpc) is 2.40.